The molecule has 1 saturated carbocycles. The maximum atomic E-state index is 13.5. The smallest absolute Gasteiger partial charge is 0.410 e. The van der Waals surface area contributed by atoms with Gasteiger partial charge < -0.3 is 35.1 Å². The van der Waals surface area contributed by atoms with Gasteiger partial charge in [-0.1, -0.05) is 0 Å². The molecule has 3 N–H and O–H groups in total. The van der Waals surface area contributed by atoms with Crippen molar-refractivity contribution in [3.05, 3.63) is 78.4 Å². The van der Waals surface area contributed by atoms with Crippen LogP contribution in [0.25, 0.3) is 10.9 Å². The number of carbonyl (C=O) groups excluding carboxylic acids is 4. The molecular weight excluding hydrogens is 659 g/mol. The molecule has 266 valence electrons. The standard InChI is InChI=1S/C37H39FN6O7/c1-36(2,3)51-35(48)44-17-5-6-25(44)20-39-31(45)28-18-27-29(19-30(28)49-4)40-21-41-32(27)50-26-13-11-24(12-14-26)43-34(47)37(15-16-37)33(46)42-23-9-7-22(38)8-10-23/h7-14,18-19,21,25H,5-6,15-17,20H2,1-4H3,(H,39,45)(H,42,46)(H,43,47)/t25-/m1/s1. The highest BCUT2D eigenvalue weighted by molar-refractivity contribution is 6.17. The second-order valence-electron chi connectivity index (χ2n) is 13.6. The molecule has 0 radical (unpaired) electrons. The second-order valence-corrected chi connectivity index (χ2v) is 13.6. The lowest BCUT2D eigenvalue weighted by Crippen LogP contribution is -2.45. The van der Waals surface area contributed by atoms with Crippen molar-refractivity contribution in [3.63, 3.8) is 0 Å². The number of ether oxygens (including phenoxy) is 3. The summed E-state index contributed by atoms with van der Waals surface area (Å²) in [7, 11) is 1.46. The highest BCUT2D eigenvalue weighted by Gasteiger charge is 2.56. The Kier molecular flexibility index (Phi) is 9.77. The third-order valence-corrected chi connectivity index (χ3v) is 8.72. The average Bonchev–Trinajstić information content (AvgIpc) is 3.79. The summed E-state index contributed by atoms with van der Waals surface area (Å²) in [6, 6.07) is 14.9. The fraction of sp³-hybridized carbons (Fsp3) is 0.351. The number of anilines is 2. The molecule has 3 aromatic carbocycles. The van der Waals surface area contributed by atoms with Crippen molar-refractivity contribution in [2.24, 2.45) is 5.41 Å². The first-order chi connectivity index (χ1) is 24.3. The van der Waals surface area contributed by atoms with Gasteiger partial charge in [0.1, 0.15) is 34.7 Å². The second kappa shape index (κ2) is 14.2. The van der Waals surface area contributed by atoms with Crippen LogP contribution in [0.3, 0.4) is 0 Å². The van der Waals surface area contributed by atoms with Gasteiger partial charge in [0.05, 0.1) is 29.6 Å². The zero-order valence-corrected chi connectivity index (χ0v) is 28.7. The number of aromatic nitrogens is 2. The molecule has 0 unspecified atom stereocenters. The number of nitrogens with one attached hydrogen (secondary N) is 3. The molecule has 0 bridgehead atoms. The number of carbonyl (C=O) groups is 4. The Morgan fingerprint density at radius 3 is 2.20 bits per heavy atom. The van der Waals surface area contributed by atoms with Crippen LogP contribution in [0.1, 0.15) is 56.8 Å². The van der Waals surface area contributed by atoms with Crippen molar-refractivity contribution < 1.29 is 37.8 Å². The van der Waals surface area contributed by atoms with Crippen LogP contribution in [-0.4, -0.2) is 70.5 Å². The number of rotatable bonds is 10. The summed E-state index contributed by atoms with van der Waals surface area (Å²) in [4.78, 5) is 62.5. The molecule has 1 saturated heterocycles. The third kappa shape index (κ3) is 8.00. The number of fused-ring (bicyclic) bond motifs is 1. The molecule has 4 amide bonds. The number of amides is 4. The van der Waals surface area contributed by atoms with Crippen molar-refractivity contribution >= 4 is 46.1 Å². The minimum atomic E-state index is -1.21. The minimum Gasteiger partial charge on any atom is -0.496 e. The van der Waals surface area contributed by atoms with Gasteiger partial charge in [-0.2, -0.15) is 0 Å². The van der Waals surface area contributed by atoms with E-state index < -0.39 is 40.6 Å². The summed E-state index contributed by atoms with van der Waals surface area (Å²) in [5, 5.41) is 8.88. The van der Waals surface area contributed by atoms with Gasteiger partial charge in [0.2, 0.25) is 17.7 Å². The normalized spacial score (nSPS) is 16.3. The van der Waals surface area contributed by atoms with Crippen LogP contribution in [0.4, 0.5) is 20.6 Å². The Morgan fingerprint density at radius 2 is 1.59 bits per heavy atom. The quantitative estimate of drug-likeness (QED) is 0.167. The first kappa shape index (κ1) is 35.1. The van der Waals surface area contributed by atoms with Crippen LogP contribution >= 0.6 is 0 Å². The molecule has 1 aliphatic heterocycles. The van der Waals surface area contributed by atoms with Crippen molar-refractivity contribution in [2.75, 3.05) is 30.8 Å². The van der Waals surface area contributed by atoms with Gasteiger partial charge in [0.15, 0.2) is 0 Å². The van der Waals surface area contributed by atoms with Crippen molar-refractivity contribution in [1.82, 2.24) is 20.2 Å². The van der Waals surface area contributed by atoms with Crippen molar-refractivity contribution in [2.45, 2.75) is 58.1 Å². The Morgan fingerprint density at radius 1 is 0.941 bits per heavy atom. The molecule has 4 aromatic rings. The van der Waals surface area contributed by atoms with Gasteiger partial charge in [-0.25, -0.2) is 19.2 Å². The molecular formula is C37H39FN6O7. The maximum absolute atomic E-state index is 13.5. The van der Waals surface area contributed by atoms with Gasteiger partial charge >= 0.3 is 6.09 Å². The van der Waals surface area contributed by atoms with Crippen LogP contribution in [0.15, 0.2) is 67.0 Å². The number of hydrogen-bond donors (Lipinski definition) is 3. The van der Waals surface area contributed by atoms with E-state index in [1.807, 2.05) is 20.8 Å². The summed E-state index contributed by atoms with van der Waals surface area (Å²) in [5.41, 5.74) is -0.250. The van der Waals surface area contributed by atoms with E-state index in [1.54, 1.807) is 41.3 Å². The predicted molar refractivity (Wildman–Crippen MR) is 186 cm³/mol. The van der Waals surface area contributed by atoms with Crippen molar-refractivity contribution in [3.8, 4) is 17.4 Å². The number of benzene rings is 3. The monoisotopic (exact) mass is 698 g/mol. The van der Waals surface area contributed by atoms with E-state index in [9.17, 15) is 23.6 Å². The van der Waals surface area contributed by atoms with E-state index in [-0.39, 0.29) is 24.0 Å². The van der Waals surface area contributed by atoms with Crippen LogP contribution < -0.4 is 25.4 Å². The number of hydrogen-bond acceptors (Lipinski definition) is 9. The van der Waals surface area contributed by atoms with Gasteiger partial charge in [0.25, 0.3) is 5.91 Å². The van der Waals surface area contributed by atoms with Crippen molar-refractivity contribution in [1.29, 1.82) is 0 Å². The molecule has 14 heteroatoms. The Labute approximate surface area is 293 Å². The minimum absolute atomic E-state index is 0.190. The zero-order valence-electron chi connectivity index (χ0n) is 28.7. The summed E-state index contributed by atoms with van der Waals surface area (Å²) in [5.74, 6) is -0.830. The summed E-state index contributed by atoms with van der Waals surface area (Å²) >= 11 is 0. The first-order valence-corrected chi connectivity index (χ1v) is 16.6. The fourth-order valence-corrected chi connectivity index (χ4v) is 5.84. The average molecular weight is 699 g/mol. The van der Waals surface area contributed by atoms with E-state index >= 15 is 0 Å². The Hall–Kier alpha value is -5.79. The molecule has 1 atom stereocenters. The molecule has 6 rings (SSSR count). The largest absolute Gasteiger partial charge is 0.496 e. The number of likely N-dealkylation sites (tertiary alicyclic amines) is 1. The van der Waals surface area contributed by atoms with E-state index in [2.05, 4.69) is 25.9 Å². The van der Waals surface area contributed by atoms with Gasteiger partial charge in [-0.3, -0.25) is 14.4 Å². The SMILES string of the molecule is COc1cc2ncnc(Oc3ccc(NC(=O)C4(C(=O)Nc5ccc(F)cc5)CC4)cc3)c2cc1C(=O)NC[C@H]1CCCN1C(=O)OC(C)(C)C. The topological polar surface area (TPSA) is 161 Å². The molecule has 13 nitrogen and oxygen atoms in total. The molecule has 2 heterocycles. The lowest BCUT2D eigenvalue weighted by Gasteiger charge is -2.28. The van der Waals surface area contributed by atoms with Gasteiger partial charge in [-0.05, 0) is 101 Å². The van der Waals surface area contributed by atoms with Crippen LogP contribution in [-0.2, 0) is 14.3 Å². The number of nitrogens with zero attached hydrogens (tertiary/aromatic N) is 3. The molecule has 0 spiro atoms. The first-order valence-electron chi connectivity index (χ1n) is 16.6. The molecule has 2 aliphatic rings. The van der Waals surface area contributed by atoms with Gasteiger partial charge in [-0.15, -0.1) is 0 Å². The van der Waals surface area contributed by atoms with Crippen LogP contribution in [0, 0.1) is 11.2 Å². The lowest BCUT2D eigenvalue weighted by molar-refractivity contribution is -0.131. The summed E-state index contributed by atoms with van der Waals surface area (Å²) < 4.78 is 30.4. The van der Waals surface area contributed by atoms with Crippen LogP contribution in [0.2, 0.25) is 0 Å². The summed E-state index contributed by atoms with van der Waals surface area (Å²) in [6.45, 7) is 6.22. The van der Waals surface area contributed by atoms with E-state index in [4.69, 9.17) is 14.2 Å². The molecule has 51 heavy (non-hydrogen) atoms. The highest BCUT2D eigenvalue weighted by atomic mass is 19.1. The number of halogens is 1. The molecule has 1 aromatic heterocycles. The van der Waals surface area contributed by atoms with E-state index in [0.29, 0.717) is 53.2 Å². The zero-order chi connectivity index (χ0) is 36.3. The maximum Gasteiger partial charge on any atom is 0.410 e. The van der Waals surface area contributed by atoms with Crippen LogP contribution in [0.5, 0.6) is 17.4 Å². The summed E-state index contributed by atoms with van der Waals surface area (Å²) in [6.07, 6.45) is 3.25. The lowest BCUT2D eigenvalue weighted by atomic mass is 10.0. The fourth-order valence-electron chi connectivity index (χ4n) is 5.84. The highest BCUT2D eigenvalue weighted by Crippen LogP contribution is 2.47. The Bertz CT molecular complexity index is 1960. The van der Waals surface area contributed by atoms with Gasteiger partial charge in [0, 0.05) is 30.5 Å². The third-order valence-electron chi connectivity index (χ3n) is 8.72. The molecule has 2 fully saturated rings. The molecule has 1 aliphatic carbocycles. The Balaban J connectivity index is 1.12. The predicted octanol–water partition coefficient (Wildman–Crippen LogP) is 6.06. The van der Waals surface area contributed by atoms with E-state index in [0.717, 1.165) is 12.8 Å². The number of methoxy groups -OCH3 is 1. The van der Waals surface area contributed by atoms with E-state index in [1.165, 1.54) is 37.7 Å².